The van der Waals surface area contributed by atoms with Gasteiger partial charge in [-0.3, -0.25) is 0 Å². The van der Waals surface area contributed by atoms with Gasteiger partial charge in [-0.1, -0.05) is 51.9 Å². The molecule has 0 aromatic heterocycles. The van der Waals surface area contributed by atoms with Crippen LogP contribution in [0.25, 0.3) is 0 Å². The summed E-state index contributed by atoms with van der Waals surface area (Å²) in [6, 6.07) is 0. The zero-order valence-electron chi connectivity index (χ0n) is 12.3. The zero-order valence-corrected chi connectivity index (χ0v) is 13.1. The molecule has 1 aliphatic rings. The summed E-state index contributed by atoms with van der Waals surface area (Å²) in [4.78, 5) is 0. The Kier molecular flexibility index (Phi) is 8.66. The molecule has 1 unspecified atom stereocenters. The molecule has 114 valence electrons. The summed E-state index contributed by atoms with van der Waals surface area (Å²) in [7, 11) is -3.08. The van der Waals surface area contributed by atoms with Crippen LogP contribution in [0.2, 0.25) is 0 Å². The molecule has 19 heavy (non-hydrogen) atoms. The highest BCUT2D eigenvalue weighted by molar-refractivity contribution is 7.90. The standard InChI is InChI=1S/C14H30N2O2S/c1-2-3-4-5-6-7-8-9-11-16-19(17,18)14-10-12-15-13-14/h14-16H,2-13H2,1H3. The Labute approximate surface area is 118 Å². The number of rotatable bonds is 11. The van der Waals surface area contributed by atoms with Gasteiger partial charge in [0.2, 0.25) is 10.0 Å². The zero-order chi connectivity index (χ0) is 14.0. The number of sulfonamides is 1. The van der Waals surface area contributed by atoms with Crippen LogP contribution in [0.5, 0.6) is 0 Å². The molecule has 0 amide bonds. The third-order valence-corrected chi connectivity index (χ3v) is 5.67. The summed E-state index contributed by atoms with van der Waals surface area (Å²) in [5.41, 5.74) is 0. The van der Waals surface area contributed by atoms with Gasteiger partial charge in [-0.2, -0.15) is 0 Å². The summed E-state index contributed by atoms with van der Waals surface area (Å²) < 4.78 is 26.5. The predicted molar refractivity (Wildman–Crippen MR) is 80.8 cm³/mol. The third kappa shape index (κ3) is 7.28. The van der Waals surface area contributed by atoms with Gasteiger partial charge in [0.05, 0.1) is 5.25 Å². The molecule has 0 spiro atoms. The number of nitrogens with one attached hydrogen (secondary N) is 2. The van der Waals surface area contributed by atoms with Crippen molar-refractivity contribution in [3.05, 3.63) is 0 Å². The molecular weight excluding hydrogens is 260 g/mol. The fourth-order valence-electron chi connectivity index (χ4n) is 2.48. The Bertz CT molecular complexity index is 311. The second-order valence-electron chi connectivity index (χ2n) is 5.53. The predicted octanol–water partition coefficient (Wildman–Crippen LogP) is 2.41. The van der Waals surface area contributed by atoms with E-state index >= 15 is 0 Å². The fourth-order valence-corrected chi connectivity index (χ4v) is 3.91. The lowest BCUT2D eigenvalue weighted by atomic mass is 10.1. The third-order valence-electron chi connectivity index (χ3n) is 3.79. The Hall–Kier alpha value is -0.130. The molecule has 1 fully saturated rings. The lowest BCUT2D eigenvalue weighted by Gasteiger charge is -2.11. The molecule has 0 saturated carbocycles. The minimum atomic E-state index is -3.08. The van der Waals surface area contributed by atoms with E-state index in [2.05, 4.69) is 17.0 Å². The molecule has 0 aromatic rings. The van der Waals surface area contributed by atoms with Crippen molar-refractivity contribution >= 4 is 10.0 Å². The average molecular weight is 290 g/mol. The smallest absolute Gasteiger partial charge is 0.215 e. The summed E-state index contributed by atoms with van der Waals surface area (Å²) in [6.07, 6.45) is 10.7. The van der Waals surface area contributed by atoms with Gasteiger partial charge in [0.15, 0.2) is 0 Å². The van der Waals surface area contributed by atoms with Gasteiger partial charge in [0.1, 0.15) is 0 Å². The van der Waals surface area contributed by atoms with Crippen LogP contribution in [0.1, 0.15) is 64.7 Å². The first-order chi connectivity index (χ1) is 9.17. The van der Waals surface area contributed by atoms with E-state index in [1.54, 1.807) is 0 Å². The molecule has 0 aliphatic carbocycles. The number of hydrogen-bond acceptors (Lipinski definition) is 3. The first-order valence-corrected chi connectivity index (χ1v) is 9.40. The maximum Gasteiger partial charge on any atom is 0.215 e. The Morgan fingerprint density at radius 2 is 1.68 bits per heavy atom. The van der Waals surface area contributed by atoms with E-state index in [0.29, 0.717) is 13.1 Å². The molecule has 1 aliphatic heterocycles. The Balaban J connectivity index is 1.95. The van der Waals surface area contributed by atoms with Crippen molar-refractivity contribution in [3.8, 4) is 0 Å². The second kappa shape index (κ2) is 9.72. The normalized spacial score (nSPS) is 19.9. The van der Waals surface area contributed by atoms with E-state index in [-0.39, 0.29) is 5.25 Å². The van der Waals surface area contributed by atoms with Crippen molar-refractivity contribution in [1.29, 1.82) is 0 Å². The van der Waals surface area contributed by atoms with Crippen molar-refractivity contribution in [3.63, 3.8) is 0 Å². The van der Waals surface area contributed by atoms with E-state index in [1.165, 1.54) is 38.5 Å². The monoisotopic (exact) mass is 290 g/mol. The van der Waals surface area contributed by atoms with Crippen molar-refractivity contribution in [1.82, 2.24) is 10.0 Å². The molecule has 1 heterocycles. The van der Waals surface area contributed by atoms with E-state index in [1.807, 2.05) is 0 Å². The van der Waals surface area contributed by atoms with E-state index in [0.717, 1.165) is 25.8 Å². The highest BCUT2D eigenvalue weighted by Crippen LogP contribution is 2.10. The molecular formula is C14H30N2O2S. The SMILES string of the molecule is CCCCCCCCCCNS(=O)(=O)C1CCNC1. The van der Waals surface area contributed by atoms with Crippen LogP contribution >= 0.6 is 0 Å². The van der Waals surface area contributed by atoms with Gasteiger partial charge in [0, 0.05) is 13.1 Å². The van der Waals surface area contributed by atoms with Crippen LogP contribution in [0.4, 0.5) is 0 Å². The Morgan fingerprint density at radius 1 is 1.05 bits per heavy atom. The van der Waals surface area contributed by atoms with Gasteiger partial charge in [-0.05, 0) is 19.4 Å². The molecule has 5 heteroatoms. The Morgan fingerprint density at radius 3 is 2.26 bits per heavy atom. The first-order valence-electron chi connectivity index (χ1n) is 7.86. The lowest BCUT2D eigenvalue weighted by Crippen LogP contribution is -2.36. The van der Waals surface area contributed by atoms with Crippen LogP contribution < -0.4 is 10.0 Å². The average Bonchev–Trinajstić information content (AvgIpc) is 2.91. The number of hydrogen-bond donors (Lipinski definition) is 2. The quantitative estimate of drug-likeness (QED) is 0.575. The van der Waals surface area contributed by atoms with Crippen LogP contribution in [0, 0.1) is 0 Å². The highest BCUT2D eigenvalue weighted by atomic mass is 32.2. The van der Waals surface area contributed by atoms with Crippen LogP contribution in [0.15, 0.2) is 0 Å². The number of unbranched alkanes of at least 4 members (excludes halogenated alkanes) is 7. The van der Waals surface area contributed by atoms with Crippen LogP contribution in [0.3, 0.4) is 0 Å². The van der Waals surface area contributed by atoms with Gasteiger partial charge < -0.3 is 5.32 Å². The maximum absolute atomic E-state index is 11.9. The summed E-state index contributed by atoms with van der Waals surface area (Å²) in [5.74, 6) is 0. The van der Waals surface area contributed by atoms with Crippen molar-refractivity contribution in [2.45, 2.75) is 70.0 Å². The summed E-state index contributed by atoms with van der Waals surface area (Å²) in [5, 5.41) is 2.87. The molecule has 0 aromatic carbocycles. The van der Waals surface area contributed by atoms with Crippen molar-refractivity contribution in [2.24, 2.45) is 0 Å². The molecule has 1 rings (SSSR count). The highest BCUT2D eigenvalue weighted by Gasteiger charge is 2.27. The van der Waals surface area contributed by atoms with E-state index in [4.69, 9.17) is 0 Å². The topological polar surface area (TPSA) is 58.2 Å². The lowest BCUT2D eigenvalue weighted by molar-refractivity contribution is 0.551. The second-order valence-corrected chi connectivity index (χ2v) is 7.57. The first kappa shape index (κ1) is 16.9. The van der Waals surface area contributed by atoms with Gasteiger partial charge in [0.25, 0.3) is 0 Å². The van der Waals surface area contributed by atoms with Crippen molar-refractivity contribution < 1.29 is 8.42 Å². The molecule has 1 atom stereocenters. The van der Waals surface area contributed by atoms with E-state index in [9.17, 15) is 8.42 Å². The summed E-state index contributed by atoms with van der Waals surface area (Å²) in [6.45, 7) is 4.26. The van der Waals surface area contributed by atoms with Crippen LogP contribution in [-0.2, 0) is 10.0 Å². The van der Waals surface area contributed by atoms with Gasteiger partial charge in [-0.15, -0.1) is 0 Å². The summed E-state index contributed by atoms with van der Waals surface area (Å²) >= 11 is 0. The largest absolute Gasteiger partial charge is 0.315 e. The molecule has 1 saturated heterocycles. The van der Waals surface area contributed by atoms with Gasteiger partial charge >= 0.3 is 0 Å². The maximum atomic E-state index is 11.9. The molecule has 0 radical (unpaired) electrons. The molecule has 4 nitrogen and oxygen atoms in total. The minimum absolute atomic E-state index is 0.221. The molecule has 0 bridgehead atoms. The molecule has 2 N–H and O–H groups in total. The minimum Gasteiger partial charge on any atom is -0.315 e. The van der Waals surface area contributed by atoms with Crippen molar-refractivity contribution in [2.75, 3.05) is 19.6 Å². The fraction of sp³-hybridized carbons (Fsp3) is 1.00. The van der Waals surface area contributed by atoms with Gasteiger partial charge in [-0.25, -0.2) is 13.1 Å². The van der Waals surface area contributed by atoms with E-state index < -0.39 is 10.0 Å². The van der Waals surface area contributed by atoms with Crippen LogP contribution in [-0.4, -0.2) is 33.3 Å².